The highest BCUT2D eigenvalue weighted by atomic mass is 16.3. The summed E-state index contributed by atoms with van der Waals surface area (Å²) in [4.78, 5) is 0. The van der Waals surface area contributed by atoms with Gasteiger partial charge < -0.3 is 4.42 Å². The smallest absolute Gasteiger partial charge is 0.143 e. The van der Waals surface area contributed by atoms with Gasteiger partial charge in [-0.05, 0) is 55.6 Å². The molecule has 1 heteroatoms. The Morgan fingerprint density at radius 3 is 1.59 bits per heavy atom. The van der Waals surface area contributed by atoms with E-state index in [-0.39, 0.29) is 0 Å². The van der Waals surface area contributed by atoms with Gasteiger partial charge in [-0.15, -0.1) is 0 Å². The number of hydrogen-bond donors (Lipinski definition) is 0. The third kappa shape index (κ3) is 2.98. The Labute approximate surface area is 214 Å². The monoisotopic (exact) mass is 470 g/mol. The molecule has 0 unspecified atom stereocenters. The zero-order valence-electron chi connectivity index (χ0n) is 20.1. The largest absolute Gasteiger partial charge is 0.455 e. The minimum atomic E-state index is 0.927. The minimum Gasteiger partial charge on any atom is -0.455 e. The van der Waals surface area contributed by atoms with Gasteiger partial charge in [0, 0.05) is 21.9 Å². The second-order valence-electron chi connectivity index (χ2n) is 9.69. The Morgan fingerprint density at radius 1 is 0.378 bits per heavy atom. The molecular formula is C36H22O. The van der Waals surface area contributed by atoms with Crippen LogP contribution in [-0.4, -0.2) is 0 Å². The highest BCUT2D eigenvalue weighted by molar-refractivity contribution is 6.24. The van der Waals surface area contributed by atoms with Crippen LogP contribution in [0, 0.1) is 0 Å². The summed E-state index contributed by atoms with van der Waals surface area (Å²) >= 11 is 0. The van der Waals surface area contributed by atoms with Crippen molar-refractivity contribution in [2.45, 2.75) is 0 Å². The topological polar surface area (TPSA) is 13.1 Å². The van der Waals surface area contributed by atoms with Crippen molar-refractivity contribution in [1.82, 2.24) is 0 Å². The molecule has 0 N–H and O–H groups in total. The fourth-order valence-electron chi connectivity index (χ4n) is 6.01. The molecule has 0 bridgehead atoms. The van der Waals surface area contributed by atoms with Crippen LogP contribution in [0.15, 0.2) is 138 Å². The Kier molecular flexibility index (Phi) is 4.29. The molecule has 0 aliphatic heterocycles. The van der Waals surface area contributed by atoms with Crippen LogP contribution in [0.5, 0.6) is 0 Å². The van der Waals surface area contributed by atoms with Crippen molar-refractivity contribution < 1.29 is 4.42 Å². The molecule has 1 heterocycles. The molecule has 0 fully saturated rings. The standard InChI is InChI=1S/C36H22O/c1-2-11-23(12-3-1)34-26-15-6-8-17-28(26)35(29-18-9-7-16-27(29)34)31-20-10-19-30-32-21-24-13-4-5-14-25(24)22-33(32)37-36(30)31/h1-22H. The van der Waals surface area contributed by atoms with Gasteiger partial charge in [0.15, 0.2) is 0 Å². The van der Waals surface area contributed by atoms with E-state index in [1.807, 2.05) is 0 Å². The minimum absolute atomic E-state index is 0.927. The van der Waals surface area contributed by atoms with Gasteiger partial charge >= 0.3 is 0 Å². The average Bonchev–Trinajstić information content (AvgIpc) is 3.33. The molecule has 0 aliphatic carbocycles. The Hall–Kier alpha value is -4.88. The van der Waals surface area contributed by atoms with Gasteiger partial charge in [0.05, 0.1) is 0 Å². The Bertz CT molecular complexity index is 2070. The first-order valence-corrected chi connectivity index (χ1v) is 12.7. The maximum absolute atomic E-state index is 6.66. The summed E-state index contributed by atoms with van der Waals surface area (Å²) in [5.41, 5.74) is 6.73. The van der Waals surface area contributed by atoms with Gasteiger partial charge in [-0.3, -0.25) is 0 Å². The van der Waals surface area contributed by atoms with Crippen LogP contribution in [-0.2, 0) is 0 Å². The molecule has 37 heavy (non-hydrogen) atoms. The van der Waals surface area contributed by atoms with Gasteiger partial charge in [0.2, 0.25) is 0 Å². The van der Waals surface area contributed by atoms with Crippen LogP contribution < -0.4 is 0 Å². The predicted octanol–water partition coefficient (Wildman–Crippen LogP) is 10.4. The highest BCUT2D eigenvalue weighted by Crippen LogP contribution is 2.46. The zero-order chi connectivity index (χ0) is 24.3. The van der Waals surface area contributed by atoms with Crippen LogP contribution in [0.25, 0.3) is 76.5 Å². The summed E-state index contributed by atoms with van der Waals surface area (Å²) < 4.78 is 6.66. The number of para-hydroxylation sites is 1. The number of rotatable bonds is 2. The van der Waals surface area contributed by atoms with E-state index in [0.29, 0.717) is 0 Å². The van der Waals surface area contributed by atoms with Crippen molar-refractivity contribution in [3.05, 3.63) is 133 Å². The normalized spacial score (nSPS) is 11.8. The molecule has 1 nitrogen and oxygen atoms in total. The second kappa shape index (κ2) is 7.81. The van der Waals surface area contributed by atoms with E-state index in [4.69, 9.17) is 4.42 Å². The molecule has 0 amide bonds. The summed E-state index contributed by atoms with van der Waals surface area (Å²) in [6.07, 6.45) is 0. The summed E-state index contributed by atoms with van der Waals surface area (Å²) in [5.74, 6) is 0. The number of fused-ring (bicyclic) bond motifs is 6. The zero-order valence-corrected chi connectivity index (χ0v) is 20.1. The van der Waals surface area contributed by atoms with Crippen molar-refractivity contribution in [1.29, 1.82) is 0 Å². The summed E-state index contributed by atoms with van der Waals surface area (Å²) in [7, 11) is 0. The quantitative estimate of drug-likeness (QED) is 0.229. The molecule has 172 valence electrons. The number of hydrogen-bond acceptors (Lipinski definition) is 1. The van der Waals surface area contributed by atoms with Gasteiger partial charge in [-0.2, -0.15) is 0 Å². The molecule has 0 saturated carbocycles. The fraction of sp³-hybridized carbons (Fsp3) is 0. The molecule has 0 saturated heterocycles. The Morgan fingerprint density at radius 2 is 0.919 bits per heavy atom. The van der Waals surface area contributed by atoms with Crippen LogP contribution in [0.2, 0.25) is 0 Å². The molecule has 7 aromatic carbocycles. The molecular weight excluding hydrogens is 448 g/mol. The average molecular weight is 471 g/mol. The van der Waals surface area contributed by atoms with E-state index in [0.717, 1.165) is 27.5 Å². The lowest BCUT2D eigenvalue weighted by molar-refractivity contribution is 0.670. The number of furan rings is 1. The summed E-state index contributed by atoms with van der Waals surface area (Å²) in [6, 6.07) is 47.7. The van der Waals surface area contributed by atoms with E-state index < -0.39 is 0 Å². The summed E-state index contributed by atoms with van der Waals surface area (Å²) in [6.45, 7) is 0. The maximum Gasteiger partial charge on any atom is 0.143 e. The SMILES string of the molecule is c1ccc(-c2c3ccccc3c(-c3cccc4c3oc3cc5ccccc5cc34)c3ccccc23)cc1. The van der Waals surface area contributed by atoms with Gasteiger partial charge in [0.1, 0.15) is 11.2 Å². The van der Waals surface area contributed by atoms with Crippen LogP contribution in [0.4, 0.5) is 0 Å². The van der Waals surface area contributed by atoms with Crippen LogP contribution >= 0.6 is 0 Å². The molecule has 1 aromatic heterocycles. The molecule has 0 spiro atoms. The lowest BCUT2D eigenvalue weighted by atomic mass is 9.85. The lowest BCUT2D eigenvalue weighted by Gasteiger charge is -2.17. The maximum atomic E-state index is 6.66. The molecule has 0 atom stereocenters. The molecule has 8 rings (SSSR count). The van der Waals surface area contributed by atoms with Crippen molar-refractivity contribution in [2.24, 2.45) is 0 Å². The first kappa shape index (κ1) is 20.3. The van der Waals surface area contributed by atoms with E-state index in [1.54, 1.807) is 0 Å². The van der Waals surface area contributed by atoms with Crippen molar-refractivity contribution in [3.8, 4) is 22.3 Å². The first-order chi connectivity index (χ1) is 18.4. The van der Waals surface area contributed by atoms with Gasteiger partial charge in [0.25, 0.3) is 0 Å². The summed E-state index contributed by atoms with van der Waals surface area (Å²) in [5, 5.41) is 9.70. The van der Waals surface area contributed by atoms with E-state index in [9.17, 15) is 0 Å². The van der Waals surface area contributed by atoms with E-state index in [1.165, 1.54) is 49.0 Å². The highest BCUT2D eigenvalue weighted by Gasteiger charge is 2.20. The van der Waals surface area contributed by atoms with E-state index >= 15 is 0 Å². The molecule has 8 aromatic rings. The van der Waals surface area contributed by atoms with Crippen molar-refractivity contribution in [3.63, 3.8) is 0 Å². The number of benzene rings is 7. The third-order valence-electron chi connectivity index (χ3n) is 7.63. The van der Waals surface area contributed by atoms with Gasteiger partial charge in [-0.1, -0.05) is 121 Å². The molecule has 0 aliphatic rings. The van der Waals surface area contributed by atoms with Crippen LogP contribution in [0.1, 0.15) is 0 Å². The Balaban J connectivity index is 1.54. The lowest BCUT2D eigenvalue weighted by Crippen LogP contribution is -1.90. The second-order valence-corrected chi connectivity index (χ2v) is 9.69. The predicted molar refractivity (Wildman–Crippen MR) is 157 cm³/mol. The first-order valence-electron chi connectivity index (χ1n) is 12.7. The van der Waals surface area contributed by atoms with Gasteiger partial charge in [-0.25, -0.2) is 0 Å². The van der Waals surface area contributed by atoms with Crippen molar-refractivity contribution >= 4 is 54.3 Å². The molecule has 0 radical (unpaired) electrons. The van der Waals surface area contributed by atoms with Crippen LogP contribution in [0.3, 0.4) is 0 Å². The van der Waals surface area contributed by atoms with Crippen molar-refractivity contribution in [2.75, 3.05) is 0 Å². The fourth-order valence-corrected chi connectivity index (χ4v) is 6.01. The van der Waals surface area contributed by atoms with E-state index in [2.05, 4.69) is 133 Å². The third-order valence-corrected chi connectivity index (χ3v) is 7.63.